The summed E-state index contributed by atoms with van der Waals surface area (Å²) in [6.45, 7) is 3.33. The van der Waals surface area contributed by atoms with E-state index < -0.39 is 16.0 Å². The maximum Gasteiger partial charge on any atom is 0.335 e. The van der Waals surface area contributed by atoms with Crippen LogP contribution < -0.4 is 4.72 Å². The molecule has 0 saturated carbocycles. The fourth-order valence-corrected chi connectivity index (χ4v) is 2.48. The van der Waals surface area contributed by atoms with Gasteiger partial charge in [-0.2, -0.15) is 0 Å². The number of halogens is 1. The van der Waals surface area contributed by atoms with E-state index in [1.165, 1.54) is 24.3 Å². The first-order valence-corrected chi connectivity index (χ1v) is 6.94. The van der Waals surface area contributed by atoms with Crippen molar-refractivity contribution in [3.63, 3.8) is 0 Å². The van der Waals surface area contributed by atoms with Crippen molar-refractivity contribution in [2.24, 2.45) is 0 Å². The SMILES string of the molecule is C=CCS(=O)(=O)Nc1cc(C(=O)O)ccc1Br. The molecule has 1 aromatic carbocycles. The number of carbonyl (C=O) groups is 1. The maximum atomic E-state index is 11.5. The molecule has 0 aliphatic rings. The van der Waals surface area contributed by atoms with Gasteiger partial charge in [-0.3, -0.25) is 4.72 Å². The summed E-state index contributed by atoms with van der Waals surface area (Å²) in [7, 11) is -3.54. The molecule has 0 atom stereocenters. The van der Waals surface area contributed by atoms with E-state index >= 15 is 0 Å². The molecule has 0 bridgehead atoms. The number of nitrogens with one attached hydrogen (secondary N) is 1. The largest absolute Gasteiger partial charge is 0.478 e. The first-order valence-electron chi connectivity index (χ1n) is 4.50. The Bertz CT molecular complexity index is 553. The highest BCUT2D eigenvalue weighted by Gasteiger charge is 2.12. The van der Waals surface area contributed by atoms with Gasteiger partial charge in [-0.1, -0.05) is 6.08 Å². The van der Waals surface area contributed by atoms with Crippen LogP contribution in [0.1, 0.15) is 10.4 Å². The van der Waals surface area contributed by atoms with Gasteiger partial charge < -0.3 is 5.11 Å². The fourth-order valence-electron chi connectivity index (χ4n) is 1.10. The standard InChI is InChI=1S/C10H10BrNO4S/c1-2-5-17(15,16)12-9-6-7(10(13)14)3-4-8(9)11/h2-4,6,12H,1,5H2,(H,13,14). The molecular weight excluding hydrogens is 310 g/mol. The monoisotopic (exact) mass is 319 g/mol. The minimum atomic E-state index is -3.54. The van der Waals surface area contributed by atoms with Crippen molar-refractivity contribution in [1.82, 2.24) is 0 Å². The second-order valence-electron chi connectivity index (χ2n) is 3.17. The number of hydrogen-bond donors (Lipinski definition) is 2. The molecule has 0 fully saturated rings. The second kappa shape index (κ2) is 5.33. The van der Waals surface area contributed by atoms with Gasteiger partial charge in [0.15, 0.2) is 0 Å². The van der Waals surface area contributed by atoms with Crippen LogP contribution in [0.4, 0.5) is 5.69 Å². The molecule has 5 nitrogen and oxygen atoms in total. The predicted octanol–water partition coefficient (Wildman–Crippen LogP) is 2.08. The lowest BCUT2D eigenvalue weighted by Crippen LogP contribution is -2.16. The number of aromatic carboxylic acids is 1. The Labute approximate surface area is 107 Å². The Morgan fingerprint density at radius 2 is 2.18 bits per heavy atom. The molecule has 0 radical (unpaired) electrons. The van der Waals surface area contributed by atoms with Gasteiger partial charge in [-0.25, -0.2) is 13.2 Å². The summed E-state index contributed by atoms with van der Waals surface area (Å²) < 4.78 is 25.7. The molecule has 17 heavy (non-hydrogen) atoms. The van der Waals surface area contributed by atoms with Crippen LogP contribution in [-0.2, 0) is 10.0 Å². The molecule has 1 rings (SSSR count). The van der Waals surface area contributed by atoms with E-state index in [0.29, 0.717) is 4.47 Å². The highest BCUT2D eigenvalue weighted by Crippen LogP contribution is 2.24. The van der Waals surface area contributed by atoms with E-state index in [0.717, 1.165) is 0 Å². The third-order valence-corrected chi connectivity index (χ3v) is 3.71. The van der Waals surface area contributed by atoms with Crippen molar-refractivity contribution in [2.45, 2.75) is 0 Å². The van der Waals surface area contributed by atoms with Crippen molar-refractivity contribution in [2.75, 3.05) is 10.5 Å². The summed E-state index contributed by atoms with van der Waals surface area (Å²) in [4.78, 5) is 10.7. The fraction of sp³-hybridized carbons (Fsp3) is 0.100. The summed E-state index contributed by atoms with van der Waals surface area (Å²) in [5.41, 5.74) is 0.191. The van der Waals surface area contributed by atoms with Gasteiger partial charge in [0, 0.05) is 4.47 Å². The Morgan fingerprint density at radius 1 is 1.53 bits per heavy atom. The topological polar surface area (TPSA) is 83.5 Å². The Kier molecular flexibility index (Phi) is 4.30. The van der Waals surface area contributed by atoms with E-state index in [1.54, 1.807) is 0 Å². The van der Waals surface area contributed by atoms with Gasteiger partial charge in [-0.15, -0.1) is 6.58 Å². The number of rotatable bonds is 5. The Hall–Kier alpha value is -1.34. The van der Waals surface area contributed by atoms with Crippen LogP contribution >= 0.6 is 15.9 Å². The normalized spacial score (nSPS) is 10.9. The third-order valence-electron chi connectivity index (χ3n) is 1.82. The second-order valence-corrected chi connectivity index (χ2v) is 5.79. The molecular formula is C10H10BrNO4S. The van der Waals surface area contributed by atoms with Crippen molar-refractivity contribution < 1.29 is 18.3 Å². The zero-order chi connectivity index (χ0) is 13.1. The number of hydrogen-bond acceptors (Lipinski definition) is 3. The molecule has 0 amide bonds. The smallest absolute Gasteiger partial charge is 0.335 e. The van der Waals surface area contributed by atoms with Crippen molar-refractivity contribution in [3.05, 3.63) is 40.9 Å². The minimum Gasteiger partial charge on any atom is -0.478 e. The number of sulfonamides is 1. The van der Waals surface area contributed by atoms with Crippen LogP contribution in [0.15, 0.2) is 35.3 Å². The molecule has 7 heteroatoms. The molecule has 92 valence electrons. The third kappa shape index (κ3) is 3.86. The summed E-state index contributed by atoms with van der Waals surface area (Å²) in [5.74, 6) is -1.36. The van der Waals surface area contributed by atoms with Crippen LogP contribution in [-0.4, -0.2) is 25.2 Å². The zero-order valence-electron chi connectivity index (χ0n) is 8.68. The zero-order valence-corrected chi connectivity index (χ0v) is 11.1. The maximum absolute atomic E-state index is 11.5. The van der Waals surface area contributed by atoms with Crippen LogP contribution in [0.25, 0.3) is 0 Å². The summed E-state index contributed by atoms with van der Waals surface area (Å²) in [6, 6.07) is 4.08. The van der Waals surface area contributed by atoms with Crippen LogP contribution in [0.2, 0.25) is 0 Å². The van der Waals surface area contributed by atoms with Crippen molar-refractivity contribution in [1.29, 1.82) is 0 Å². The lowest BCUT2D eigenvalue weighted by molar-refractivity contribution is 0.0697. The average Bonchev–Trinajstić information content (AvgIpc) is 2.20. The van der Waals surface area contributed by atoms with E-state index in [-0.39, 0.29) is 17.0 Å². The summed E-state index contributed by atoms with van der Waals surface area (Å²) in [6.07, 6.45) is 1.25. The molecule has 0 saturated heterocycles. The molecule has 0 aliphatic carbocycles. The molecule has 0 spiro atoms. The van der Waals surface area contributed by atoms with Crippen molar-refractivity contribution in [3.8, 4) is 0 Å². The predicted molar refractivity (Wildman–Crippen MR) is 68.7 cm³/mol. The van der Waals surface area contributed by atoms with Crippen molar-refractivity contribution >= 4 is 37.6 Å². The van der Waals surface area contributed by atoms with Crippen LogP contribution in [0.3, 0.4) is 0 Å². The highest BCUT2D eigenvalue weighted by molar-refractivity contribution is 9.10. The molecule has 0 aromatic heterocycles. The first kappa shape index (κ1) is 13.7. The number of carboxylic acids is 1. The molecule has 0 unspecified atom stereocenters. The molecule has 2 N–H and O–H groups in total. The van der Waals surface area contributed by atoms with Crippen LogP contribution in [0, 0.1) is 0 Å². The quantitative estimate of drug-likeness (QED) is 0.814. The molecule has 0 aliphatic heterocycles. The lowest BCUT2D eigenvalue weighted by Gasteiger charge is -2.08. The average molecular weight is 320 g/mol. The van der Waals surface area contributed by atoms with E-state index in [4.69, 9.17) is 5.11 Å². The Balaban J connectivity index is 3.10. The number of anilines is 1. The summed E-state index contributed by atoms with van der Waals surface area (Å²) in [5, 5.41) is 8.79. The van der Waals surface area contributed by atoms with Gasteiger partial charge in [0.1, 0.15) is 0 Å². The number of carboxylic acid groups (broad SMARTS) is 1. The van der Waals surface area contributed by atoms with E-state index in [1.807, 2.05) is 0 Å². The van der Waals surface area contributed by atoms with Gasteiger partial charge in [-0.05, 0) is 34.1 Å². The number of benzene rings is 1. The molecule has 1 aromatic rings. The minimum absolute atomic E-state index is 0.00417. The van der Waals surface area contributed by atoms with Crippen LogP contribution in [0.5, 0.6) is 0 Å². The van der Waals surface area contributed by atoms with Gasteiger partial charge >= 0.3 is 5.97 Å². The Morgan fingerprint density at radius 3 is 2.71 bits per heavy atom. The van der Waals surface area contributed by atoms with E-state index in [9.17, 15) is 13.2 Å². The lowest BCUT2D eigenvalue weighted by atomic mass is 10.2. The van der Waals surface area contributed by atoms with E-state index in [2.05, 4.69) is 27.2 Å². The highest BCUT2D eigenvalue weighted by atomic mass is 79.9. The van der Waals surface area contributed by atoms with Gasteiger partial charge in [0.2, 0.25) is 10.0 Å². The summed E-state index contributed by atoms with van der Waals surface area (Å²) >= 11 is 3.14. The van der Waals surface area contributed by atoms with Gasteiger partial charge in [0.25, 0.3) is 0 Å². The molecule has 0 heterocycles. The van der Waals surface area contributed by atoms with Gasteiger partial charge in [0.05, 0.1) is 17.0 Å². The first-order chi connectivity index (χ1) is 7.85.